The van der Waals surface area contributed by atoms with Crippen molar-refractivity contribution in [1.82, 2.24) is 9.97 Å². The molecular formula is C14H13N3O3. The van der Waals surface area contributed by atoms with Gasteiger partial charge in [-0.15, -0.1) is 0 Å². The van der Waals surface area contributed by atoms with E-state index in [2.05, 4.69) is 9.97 Å². The Morgan fingerprint density at radius 1 is 1.20 bits per heavy atom. The minimum atomic E-state index is -0.227. The lowest BCUT2D eigenvalue weighted by molar-refractivity contribution is 0.0987. The monoisotopic (exact) mass is 271 g/mol. The van der Waals surface area contributed by atoms with Crippen molar-refractivity contribution in [3.05, 3.63) is 42.5 Å². The van der Waals surface area contributed by atoms with Crippen molar-refractivity contribution in [2.75, 3.05) is 25.2 Å². The van der Waals surface area contributed by atoms with Crippen molar-refractivity contribution in [3.8, 4) is 11.5 Å². The second-order valence-corrected chi connectivity index (χ2v) is 4.28. The number of anilines is 1. The van der Waals surface area contributed by atoms with E-state index in [9.17, 15) is 4.79 Å². The molecule has 0 spiro atoms. The minimum absolute atomic E-state index is 0.227. The van der Waals surface area contributed by atoms with Crippen LogP contribution in [0.15, 0.2) is 36.8 Å². The van der Waals surface area contributed by atoms with E-state index in [0.717, 1.165) is 0 Å². The molecule has 0 unspecified atom stereocenters. The van der Waals surface area contributed by atoms with Crippen molar-refractivity contribution in [3.63, 3.8) is 0 Å². The summed E-state index contributed by atoms with van der Waals surface area (Å²) in [4.78, 5) is 21.7. The summed E-state index contributed by atoms with van der Waals surface area (Å²) in [5.74, 6) is 1.11. The zero-order valence-electron chi connectivity index (χ0n) is 10.9. The Bertz CT molecular complexity index is 631. The Balaban J connectivity index is 1.87. The van der Waals surface area contributed by atoms with Crippen LogP contribution in [0.3, 0.4) is 0 Å². The van der Waals surface area contributed by atoms with Crippen molar-refractivity contribution in [1.29, 1.82) is 0 Å². The summed E-state index contributed by atoms with van der Waals surface area (Å²) in [6.07, 6.45) is 4.46. The van der Waals surface area contributed by atoms with Gasteiger partial charge in [-0.2, -0.15) is 0 Å². The molecule has 6 nitrogen and oxygen atoms in total. The fraction of sp³-hybridized carbons (Fsp3) is 0.214. The SMILES string of the molecule is CN(C(=O)c1cnccn1)c1ccc2c(c1)OCCO2. The van der Waals surface area contributed by atoms with E-state index in [-0.39, 0.29) is 5.91 Å². The highest BCUT2D eigenvalue weighted by molar-refractivity contribution is 6.04. The first-order valence-corrected chi connectivity index (χ1v) is 6.19. The van der Waals surface area contributed by atoms with E-state index >= 15 is 0 Å². The fourth-order valence-corrected chi connectivity index (χ4v) is 1.94. The van der Waals surface area contributed by atoms with Crippen molar-refractivity contribution in [2.24, 2.45) is 0 Å². The molecule has 0 fully saturated rings. The number of benzene rings is 1. The molecule has 2 aromatic rings. The molecular weight excluding hydrogens is 258 g/mol. The van der Waals surface area contributed by atoms with Gasteiger partial charge in [0.1, 0.15) is 18.9 Å². The Labute approximate surface area is 116 Å². The topological polar surface area (TPSA) is 64.6 Å². The number of hydrogen-bond donors (Lipinski definition) is 0. The summed E-state index contributed by atoms with van der Waals surface area (Å²) >= 11 is 0. The largest absolute Gasteiger partial charge is 0.486 e. The van der Waals surface area contributed by atoms with E-state index in [0.29, 0.717) is 36.1 Å². The van der Waals surface area contributed by atoms with Crippen LogP contribution in [0.5, 0.6) is 11.5 Å². The molecule has 20 heavy (non-hydrogen) atoms. The van der Waals surface area contributed by atoms with Gasteiger partial charge in [0, 0.05) is 31.2 Å². The van der Waals surface area contributed by atoms with Crippen LogP contribution >= 0.6 is 0 Å². The third-order valence-electron chi connectivity index (χ3n) is 3.00. The van der Waals surface area contributed by atoms with Gasteiger partial charge in [-0.25, -0.2) is 4.98 Å². The van der Waals surface area contributed by atoms with Crippen molar-refractivity contribution < 1.29 is 14.3 Å². The zero-order valence-corrected chi connectivity index (χ0v) is 10.9. The van der Waals surface area contributed by atoms with Crippen LogP contribution < -0.4 is 14.4 Å². The van der Waals surface area contributed by atoms with Gasteiger partial charge in [0.05, 0.1) is 6.20 Å². The summed E-state index contributed by atoms with van der Waals surface area (Å²) in [5.41, 5.74) is 1.01. The molecule has 0 radical (unpaired) electrons. The molecule has 1 aliphatic rings. The van der Waals surface area contributed by atoms with E-state index < -0.39 is 0 Å². The maximum Gasteiger partial charge on any atom is 0.278 e. The highest BCUT2D eigenvalue weighted by atomic mass is 16.6. The molecule has 0 bridgehead atoms. The van der Waals surface area contributed by atoms with E-state index in [4.69, 9.17) is 9.47 Å². The molecule has 0 saturated carbocycles. The summed E-state index contributed by atoms with van der Waals surface area (Å²) in [7, 11) is 1.68. The van der Waals surface area contributed by atoms with E-state index in [1.807, 2.05) is 6.07 Å². The molecule has 102 valence electrons. The molecule has 1 aromatic heterocycles. The number of amides is 1. The maximum atomic E-state index is 12.3. The van der Waals surface area contributed by atoms with Gasteiger partial charge in [0.15, 0.2) is 11.5 Å². The second kappa shape index (κ2) is 5.16. The predicted octanol–water partition coefficient (Wildman–Crippen LogP) is 1.52. The minimum Gasteiger partial charge on any atom is -0.486 e. The van der Waals surface area contributed by atoms with Crippen LogP contribution in [0.25, 0.3) is 0 Å². The average Bonchev–Trinajstić information content (AvgIpc) is 2.54. The van der Waals surface area contributed by atoms with Crippen LogP contribution in [-0.2, 0) is 0 Å². The van der Waals surface area contributed by atoms with Crippen LogP contribution in [0, 0.1) is 0 Å². The normalized spacial score (nSPS) is 12.8. The van der Waals surface area contributed by atoms with Gasteiger partial charge in [0.25, 0.3) is 5.91 Å². The zero-order chi connectivity index (χ0) is 13.9. The first-order valence-electron chi connectivity index (χ1n) is 6.19. The Morgan fingerprint density at radius 3 is 2.75 bits per heavy atom. The molecule has 1 amide bonds. The van der Waals surface area contributed by atoms with Crippen LogP contribution in [0.2, 0.25) is 0 Å². The third kappa shape index (κ3) is 2.27. The first-order chi connectivity index (χ1) is 9.75. The first kappa shape index (κ1) is 12.4. The molecule has 2 heterocycles. The number of carbonyl (C=O) groups excluding carboxylic acids is 1. The summed E-state index contributed by atoms with van der Waals surface area (Å²) in [5, 5.41) is 0. The number of ether oxygens (including phenoxy) is 2. The van der Waals surface area contributed by atoms with Crippen LogP contribution in [0.4, 0.5) is 5.69 Å². The Hall–Kier alpha value is -2.63. The lowest BCUT2D eigenvalue weighted by Gasteiger charge is -2.22. The number of aromatic nitrogens is 2. The highest BCUT2D eigenvalue weighted by Gasteiger charge is 2.18. The second-order valence-electron chi connectivity index (χ2n) is 4.28. The highest BCUT2D eigenvalue weighted by Crippen LogP contribution is 2.33. The molecule has 3 rings (SSSR count). The lowest BCUT2D eigenvalue weighted by Crippen LogP contribution is -2.27. The number of fused-ring (bicyclic) bond motifs is 1. The Kier molecular flexibility index (Phi) is 3.20. The fourth-order valence-electron chi connectivity index (χ4n) is 1.94. The standard InChI is InChI=1S/C14H13N3O3/c1-17(14(18)11-9-15-4-5-16-11)10-2-3-12-13(8-10)20-7-6-19-12/h2-5,8-9H,6-7H2,1H3. The van der Waals surface area contributed by atoms with Crippen LogP contribution in [-0.4, -0.2) is 36.1 Å². The molecule has 1 aromatic carbocycles. The number of carbonyl (C=O) groups is 1. The molecule has 1 aliphatic heterocycles. The quantitative estimate of drug-likeness (QED) is 0.828. The van der Waals surface area contributed by atoms with Gasteiger partial charge in [-0.3, -0.25) is 9.78 Å². The number of rotatable bonds is 2. The predicted molar refractivity (Wildman–Crippen MR) is 72.2 cm³/mol. The summed E-state index contributed by atoms with van der Waals surface area (Å²) < 4.78 is 11.0. The molecule has 0 N–H and O–H groups in total. The Morgan fingerprint density at radius 2 is 2.00 bits per heavy atom. The number of nitrogens with zero attached hydrogens (tertiary/aromatic N) is 3. The van der Waals surface area contributed by atoms with Gasteiger partial charge in [0.2, 0.25) is 0 Å². The van der Waals surface area contributed by atoms with E-state index in [1.165, 1.54) is 23.5 Å². The van der Waals surface area contributed by atoms with Gasteiger partial charge < -0.3 is 14.4 Å². The van der Waals surface area contributed by atoms with Gasteiger partial charge in [-0.05, 0) is 12.1 Å². The van der Waals surface area contributed by atoms with Crippen molar-refractivity contribution >= 4 is 11.6 Å². The molecule has 6 heteroatoms. The van der Waals surface area contributed by atoms with E-state index in [1.54, 1.807) is 19.2 Å². The molecule has 0 aliphatic carbocycles. The molecule has 0 saturated heterocycles. The van der Waals surface area contributed by atoms with Crippen LogP contribution in [0.1, 0.15) is 10.5 Å². The summed E-state index contributed by atoms with van der Waals surface area (Å²) in [6, 6.07) is 5.38. The van der Waals surface area contributed by atoms with Crippen molar-refractivity contribution in [2.45, 2.75) is 0 Å². The average molecular weight is 271 g/mol. The number of hydrogen-bond acceptors (Lipinski definition) is 5. The third-order valence-corrected chi connectivity index (χ3v) is 3.00. The van der Waals surface area contributed by atoms with Gasteiger partial charge >= 0.3 is 0 Å². The lowest BCUT2D eigenvalue weighted by atomic mass is 10.2. The summed E-state index contributed by atoms with van der Waals surface area (Å²) in [6.45, 7) is 1.05. The smallest absolute Gasteiger partial charge is 0.278 e. The van der Waals surface area contributed by atoms with Gasteiger partial charge in [-0.1, -0.05) is 0 Å². The maximum absolute atomic E-state index is 12.3. The molecule has 0 atom stereocenters.